The average molecular weight is 332 g/mol. The Kier molecular flexibility index (Phi) is 4.69. The van der Waals surface area contributed by atoms with Crippen LogP contribution in [-0.2, 0) is 20.9 Å². The van der Waals surface area contributed by atoms with Crippen molar-refractivity contribution in [3.8, 4) is 0 Å². The molecule has 1 saturated heterocycles. The summed E-state index contributed by atoms with van der Waals surface area (Å²) in [6, 6.07) is 6.83. The predicted molar refractivity (Wildman–Crippen MR) is 86.4 cm³/mol. The summed E-state index contributed by atoms with van der Waals surface area (Å²) in [6.45, 7) is 2.99. The third kappa shape index (κ3) is 3.50. The maximum atomic E-state index is 12.1. The fourth-order valence-electron chi connectivity index (χ4n) is 2.83. The van der Waals surface area contributed by atoms with Crippen molar-refractivity contribution in [2.75, 3.05) is 19.7 Å². The summed E-state index contributed by atoms with van der Waals surface area (Å²) in [5.41, 5.74) is 0.935. The van der Waals surface area contributed by atoms with Gasteiger partial charge in [0.05, 0.1) is 5.52 Å². The zero-order valence-electron chi connectivity index (χ0n) is 13.6. The number of fused-ring (bicyclic) bond motifs is 1. The number of aromatic nitrogens is 1. The Labute approximate surface area is 138 Å². The molecule has 2 aromatic rings. The highest BCUT2D eigenvalue weighted by Crippen LogP contribution is 2.16. The van der Waals surface area contributed by atoms with Gasteiger partial charge < -0.3 is 14.1 Å². The van der Waals surface area contributed by atoms with E-state index in [9.17, 15) is 14.4 Å². The van der Waals surface area contributed by atoms with Crippen molar-refractivity contribution in [2.45, 2.75) is 26.3 Å². The van der Waals surface area contributed by atoms with Crippen molar-refractivity contribution in [3.63, 3.8) is 0 Å². The van der Waals surface area contributed by atoms with Crippen molar-refractivity contribution in [1.82, 2.24) is 9.47 Å². The summed E-state index contributed by atoms with van der Waals surface area (Å²) < 4.78 is 11.3. The van der Waals surface area contributed by atoms with E-state index in [1.54, 1.807) is 29.2 Å². The molecule has 0 saturated carbocycles. The van der Waals surface area contributed by atoms with Gasteiger partial charge in [-0.2, -0.15) is 0 Å². The highest BCUT2D eigenvalue weighted by atomic mass is 16.5. The lowest BCUT2D eigenvalue weighted by atomic mass is 9.99. The molecule has 1 aromatic carbocycles. The van der Waals surface area contributed by atoms with E-state index in [4.69, 9.17) is 9.15 Å². The number of carbonyl (C=O) groups excluding carboxylic acids is 2. The molecule has 7 heteroatoms. The molecule has 0 unspecified atom stereocenters. The minimum atomic E-state index is -0.637. The molecule has 0 bridgehead atoms. The van der Waals surface area contributed by atoms with Crippen molar-refractivity contribution < 1.29 is 18.7 Å². The Morgan fingerprint density at radius 1 is 1.25 bits per heavy atom. The van der Waals surface area contributed by atoms with E-state index < -0.39 is 11.7 Å². The number of piperidine rings is 1. The first kappa shape index (κ1) is 16.3. The molecule has 1 aliphatic heterocycles. The molecule has 1 fully saturated rings. The number of benzene rings is 1. The molecular formula is C17H20N2O5. The summed E-state index contributed by atoms with van der Waals surface area (Å²) >= 11 is 0. The fraction of sp³-hybridized carbons (Fsp3) is 0.471. The minimum absolute atomic E-state index is 0.195. The van der Waals surface area contributed by atoms with Gasteiger partial charge >= 0.3 is 11.7 Å². The number of esters is 1. The fourth-order valence-corrected chi connectivity index (χ4v) is 2.83. The number of ether oxygens (including phenoxy) is 1. The average Bonchev–Trinajstić information content (AvgIpc) is 2.89. The van der Waals surface area contributed by atoms with Crippen LogP contribution < -0.4 is 5.76 Å². The van der Waals surface area contributed by atoms with E-state index in [-0.39, 0.29) is 19.1 Å². The van der Waals surface area contributed by atoms with Crippen LogP contribution in [0.5, 0.6) is 0 Å². The quantitative estimate of drug-likeness (QED) is 0.791. The Bertz CT molecular complexity index is 799. The molecule has 1 aromatic heterocycles. The summed E-state index contributed by atoms with van der Waals surface area (Å²) in [7, 11) is 0. The van der Waals surface area contributed by atoms with E-state index >= 15 is 0 Å². The number of nitrogens with zero attached hydrogens (tertiary/aromatic N) is 2. The van der Waals surface area contributed by atoms with E-state index in [0.717, 1.165) is 12.8 Å². The smallest absolute Gasteiger partial charge is 0.420 e. The van der Waals surface area contributed by atoms with Crippen LogP contribution in [-0.4, -0.2) is 41.0 Å². The van der Waals surface area contributed by atoms with Gasteiger partial charge in [-0.1, -0.05) is 19.1 Å². The zero-order chi connectivity index (χ0) is 17.1. The molecule has 0 radical (unpaired) electrons. The van der Waals surface area contributed by atoms with Crippen molar-refractivity contribution in [3.05, 3.63) is 34.8 Å². The van der Waals surface area contributed by atoms with E-state index in [1.807, 2.05) is 0 Å². The Hall–Kier alpha value is -2.57. The van der Waals surface area contributed by atoms with Gasteiger partial charge in [0.1, 0.15) is 6.54 Å². The van der Waals surface area contributed by atoms with Crippen LogP contribution in [0, 0.1) is 5.92 Å². The predicted octanol–water partition coefficient (Wildman–Crippen LogP) is 1.40. The number of hydrogen-bond donors (Lipinski definition) is 0. The number of rotatable bonds is 4. The lowest BCUT2D eigenvalue weighted by Gasteiger charge is -2.30. The van der Waals surface area contributed by atoms with Crippen molar-refractivity contribution in [1.29, 1.82) is 0 Å². The molecule has 0 aliphatic carbocycles. The van der Waals surface area contributed by atoms with Crippen LogP contribution in [0.3, 0.4) is 0 Å². The largest absolute Gasteiger partial charge is 0.454 e. The Morgan fingerprint density at radius 3 is 2.71 bits per heavy atom. The monoisotopic (exact) mass is 332 g/mol. The van der Waals surface area contributed by atoms with Gasteiger partial charge in [-0.25, -0.2) is 4.79 Å². The van der Waals surface area contributed by atoms with E-state index in [1.165, 1.54) is 4.57 Å². The van der Waals surface area contributed by atoms with Crippen LogP contribution in [0.15, 0.2) is 33.5 Å². The maximum Gasteiger partial charge on any atom is 0.420 e. The molecule has 24 heavy (non-hydrogen) atoms. The highest BCUT2D eigenvalue weighted by Gasteiger charge is 2.21. The number of likely N-dealkylation sites (tertiary alicyclic amines) is 1. The molecule has 128 valence electrons. The van der Waals surface area contributed by atoms with E-state index in [2.05, 4.69) is 6.92 Å². The van der Waals surface area contributed by atoms with Crippen LogP contribution in [0.4, 0.5) is 0 Å². The molecule has 7 nitrogen and oxygen atoms in total. The van der Waals surface area contributed by atoms with Crippen molar-refractivity contribution >= 4 is 23.0 Å². The molecule has 0 N–H and O–H groups in total. The summed E-state index contributed by atoms with van der Waals surface area (Å²) in [4.78, 5) is 37.5. The normalized spacial score (nSPS) is 15.6. The first-order chi connectivity index (χ1) is 11.5. The molecule has 1 aliphatic rings. The van der Waals surface area contributed by atoms with Crippen LogP contribution in [0.1, 0.15) is 19.8 Å². The maximum absolute atomic E-state index is 12.1. The minimum Gasteiger partial charge on any atom is -0.454 e. The second-order valence-corrected chi connectivity index (χ2v) is 6.15. The molecule has 0 atom stereocenters. The summed E-state index contributed by atoms with van der Waals surface area (Å²) in [5, 5.41) is 0. The van der Waals surface area contributed by atoms with Crippen LogP contribution in [0.25, 0.3) is 11.1 Å². The van der Waals surface area contributed by atoms with Gasteiger partial charge in [0.2, 0.25) is 0 Å². The first-order valence-corrected chi connectivity index (χ1v) is 8.06. The summed E-state index contributed by atoms with van der Waals surface area (Å²) in [6.07, 6.45) is 1.94. The standard InChI is InChI=1S/C17H20N2O5/c1-12-6-8-18(9-7-12)15(20)11-23-16(21)10-19-13-4-2-3-5-14(13)24-17(19)22/h2-5,12H,6-11H2,1H3. The molecule has 3 rings (SSSR count). The third-order valence-corrected chi connectivity index (χ3v) is 4.35. The number of hydrogen-bond acceptors (Lipinski definition) is 5. The molecule has 0 spiro atoms. The molecule has 1 amide bonds. The van der Waals surface area contributed by atoms with E-state index in [0.29, 0.717) is 30.1 Å². The summed E-state index contributed by atoms with van der Waals surface area (Å²) in [5.74, 6) is -0.829. The lowest BCUT2D eigenvalue weighted by Crippen LogP contribution is -2.40. The second kappa shape index (κ2) is 6.90. The number of oxazole rings is 1. The van der Waals surface area contributed by atoms with Crippen LogP contribution >= 0.6 is 0 Å². The Morgan fingerprint density at radius 2 is 1.96 bits per heavy atom. The van der Waals surface area contributed by atoms with Gasteiger partial charge in [0.25, 0.3) is 5.91 Å². The Balaban J connectivity index is 1.56. The third-order valence-electron chi connectivity index (χ3n) is 4.35. The van der Waals surface area contributed by atoms with Gasteiger partial charge in [-0.05, 0) is 30.9 Å². The lowest BCUT2D eigenvalue weighted by molar-refractivity contribution is -0.153. The van der Waals surface area contributed by atoms with Gasteiger partial charge in [0, 0.05) is 13.1 Å². The van der Waals surface area contributed by atoms with Gasteiger partial charge in [-0.3, -0.25) is 14.2 Å². The highest BCUT2D eigenvalue weighted by molar-refractivity contribution is 5.81. The topological polar surface area (TPSA) is 81.8 Å². The first-order valence-electron chi connectivity index (χ1n) is 8.06. The van der Waals surface area contributed by atoms with Crippen molar-refractivity contribution in [2.24, 2.45) is 5.92 Å². The number of para-hydroxylation sites is 2. The molecular weight excluding hydrogens is 312 g/mol. The SMILES string of the molecule is CC1CCN(C(=O)COC(=O)Cn2c(=O)oc3ccccc32)CC1. The number of carbonyl (C=O) groups is 2. The zero-order valence-corrected chi connectivity index (χ0v) is 13.6. The second-order valence-electron chi connectivity index (χ2n) is 6.15. The molecule has 2 heterocycles. The van der Waals surface area contributed by atoms with Gasteiger partial charge in [-0.15, -0.1) is 0 Å². The van der Waals surface area contributed by atoms with Gasteiger partial charge in [0.15, 0.2) is 12.2 Å². The number of amides is 1. The van der Waals surface area contributed by atoms with Crippen LogP contribution in [0.2, 0.25) is 0 Å².